The lowest BCUT2D eigenvalue weighted by molar-refractivity contribution is -0.870. The fourth-order valence-electron chi connectivity index (χ4n) is 6.06. The summed E-state index contributed by atoms with van der Waals surface area (Å²) in [6.45, 7) is 4.22. The second-order valence-electron chi connectivity index (χ2n) is 16.1. The van der Waals surface area contributed by atoms with Crippen LogP contribution in [0.1, 0.15) is 200 Å². The summed E-state index contributed by atoms with van der Waals surface area (Å²) in [5.41, 5.74) is 0. The van der Waals surface area contributed by atoms with E-state index in [4.69, 9.17) is 18.5 Å². The number of quaternary nitrogens is 1. The smallest absolute Gasteiger partial charge is 0.306 e. The van der Waals surface area contributed by atoms with E-state index in [2.05, 4.69) is 26.0 Å². The van der Waals surface area contributed by atoms with Gasteiger partial charge in [-0.2, -0.15) is 0 Å². The maximum Gasteiger partial charge on any atom is 0.306 e. The van der Waals surface area contributed by atoms with Crippen LogP contribution >= 0.6 is 7.82 Å². The molecule has 0 saturated heterocycles. The maximum atomic E-state index is 12.6. The molecule has 0 aliphatic rings. The highest BCUT2D eigenvalue weighted by atomic mass is 31.2. The van der Waals surface area contributed by atoms with Crippen LogP contribution in [0, 0.1) is 0 Å². The van der Waals surface area contributed by atoms with Crippen LogP contribution in [0.15, 0.2) is 12.2 Å². The first kappa shape index (κ1) is 51.8. The molecule has 9 nitrogen and oxygen atoms in total. The van der Waals surface area contributed by atoms with E-state index in [1.165, 1.54) is 135 Å². The fourth-order valence-corrected chi connectivity index (χ4v) is 6.79. The summed E-state index contributed by atoms with van der Waals surface area (Å²) in [5.74, 6) is -0.829. The monoisotopic (exact) mass is 774 g/mol. The lowest BCUT2D eigenvalue weighted by atomic mass is 10.0. The van der Waals surface area contributed by atoms with Gasteiger partial charge < -0.3 is 27.9 Å². The van der Waals surface area contributed by atoms with E-state index in [0.29, 0.717) is 17.4 Å². The van der Waals surface area contributed by atoms with Gasteiger partial charge in [0.2, 0.25) is 0 Å². The molecule has 0 rings (SSSR count). The number of hydrogen-bond acceptors (Lipinski definition) is 8. The van der Waals surface area contributed by atoms with Gasteiger partial charge in [-0.05, 0) is 38.5 Å². The van der Waals surface area contributed by atoms with Gasteiger partial charge in [-0.25, -0.2) is 0 Å². The van der Waals surface area contributed by atoms with Crippen LogP contribution in [-0.4, -0.2) is 70.0 Å². The fraction of sp³-hybridized carbons (Fsp3) is 0.907. The van der Waals surface area contributed by atoms with Gasteiger partial charge in [-0.1, -0.05) is 161 Å². The molecule has 53 heavy (non-hydrogen) atoms. The van der Waals surface area contributed by atoms with E-state index in [1.807, 2.05) is 21.1 Å². The van der Waals surface area contributed by atoms with Crippen molar-refractivity contribution in [2.75, 3.05) is 47.5 Å². The molecule has 0 radical (unpaired) electrons. The summed E-state index contributed by atoms with van der Waals surface area (Å²) in [6, 6.07) is 0. The van der Waals surface area contributed by atoms with Crippen molar-refractivity contribution >= 4 is 19.8 Å². The van der Waals surface area contributed by atoms with Gasteiger partial charge in [0.05, 0.1) is 27.7 Å². The molecule has 0 aromatic rings. The van der Waals surface area contributed by atoms with E-state index >= 15 is 0 Å². The van der Waals surface area contributed by atoms with Crippen LogP contribution in [0.5, 0.6) is 0 Å². The number of ether oxygens (including phenoxy) is 2. The minimum absolute atomic E-state index is 0.0279. The standard InChI is InChI=1S/C43H84NO8P/c1-6-8-10-12-14-16-18-20-21-22-23-24-26-27-29-31-33-35-42(45)49-39-41(40-51-53(47,48)50-38-37-44(3,4)5)52-43(46)36-34-32-30-28-25-19-17-15-13-11-9-7-2/h16,18,41H,6-15,17,19-40H2,1-5H3/b18-16+/t41-/m0/s1. The van der Waals surface area contributed by atoms with E-state index in [1.54, 1.807) is 0 Å². The minimum Gasteiger partial charge on any atom is -0.756 e. The van der Waals surface area contributed by atoms with Crippen LogP contribution in [-0.2, 0) is 32.7 Å². The van der Waals surface area contributed by atoms with Crippen LogP contribution in [0.25, 0.3) is 0 Å². The van der Waals surface area contributed by atoms with Crippen LogP contribution in [0.2, 0.25) is 0 Å². The molecule has 0 N–H and O–H groups in total. The summed E-state index contributed by atoms with van der Waals surface area (Å²) in [5, 5.41) is 0. The van der Waals surface area contributed by atoms with Crippen molar-refractivity contribution in [1.29, 1.82) is 0 Å². The zero-order chi connectivity index (χ0) is 39.3. The second kappa shape index (κ2) is 36.4. The highest BCUT2D eigenvalue weighted by molar-refractivity contribution is 7.45. The molecule has 0 aliphatic heterocycles. The average molecular weight is 774 g/mol. The molecule has 314 valence electrons. The molecule has 2 atom stereocenters. The quantitative estimate of drug-likeness (QED) is 0.0199. The molecule has 0 heterocycles. The van der Waals surface area contributed by atoms with Gasteiger partial charge in [0.15, 0.2) is 6.10 Å². The molecule has 0 bridgehead atoms. The zero-order valence-electron chi connectivity index (χ0n) is 35.2. The highest BCUT2D eigenvalue weighted by Crippen LogP contribution is 2.38. The predicted octanol–water partition coefficient (Wildman–Crippen LogP) is 11.6. The number of phosphoric ester groups is 1. The summed E-state index contributed by atoms with van der Waals surface area (Å²) < 4.78 is 33.9. The third-order valence-corrected chi connectivity index (χ3v) is 10.5. The summed E-state index contributed by atoms with van der Waals surface area (Å²) in [4.78, 5) is 37.5. The molecule has 0 saturated carbocycles. The lowest BCUT2D eigenvalue weighted by Gasteiger charge is -2.28. The van der Waals surface area contributed by atoms with Gasteiger partial charge in [0.25, 0.3) is 7.82 Å². The highest BCUT2D eigenvalue weighted by Gasteiger charge is 2.21. The maximum absolute atomic E-state index is 12.6. The largest absolute Gasteiger partial charge is 0.756 e. The van der Waals surface area contributed by atoms with Crippen molar-refractivity contribution in [3.05, 3.63) is 12.2 Å². The number of likely N-dealkylation sites (N-methyl/N-ethyl adjacent to an activating group) is 1. The Balaban J connectivity index is 4.31. The molecule has 1 unspecified atom stereocenters. The number of allylic oxidation sites excluding steroid dienone is 2. The number of nitrogens with zero attached hydrogens (tertiary/aromatic N) is 1. The molecular weight excluding hydrogens is 689 g/mol. The van der Waals surface area contributed by atoms with Crippen LogP contribution in [0.4, 0.5) is 0 Å². The zero-order valence-corrected chi connectivity index (χ0v) is 36.1. The Morgan fingerprint density at radius 3 is 1.42 bits per heavy atom. The summed E-state index contributed by atoms with van der Waals surface area (Å²) in [6.07, 6.45) is 36.6. The molecule has 0 aromatic carbocycles. The summed E-state index contributed by atoms with van der Waals surface area (Å²) >= 11 is 0. The van der Waals surface area contributed by atoms with Crippen molar-refractivity contribution < 1.29 is 42.1 Å². The Labute approximate surface area is 326 Å². The molecule has 10 heteroatoms. The Bertz CT molecular complexity index is 922. The normalized spacial score (nSPS) is 13.7. The molecule has 0 spiro atoms. The molecule has 0 aliphatic carbocycles. The number of carbonyl (C=O) groups excluding carboxylic acids is 2. The lowest BCUT2D eigenvalue weighted by Crippen LogP contribution is -2.37. The topological polar surface area (TPSA) is 111 Å². The van der Waals surface area contributed by atoms with Crippen LogP contribution in [0.3, 0.4) is 0 Å². The first-order valence-electron chi connectivity index (χ1n) is 21.9. The number of unbranched alkanes of at least 4 members (excludes halogenated alkanes) is 24. The third kappa shape index (κ3) is 40.2. The minimum atomic E-state index is -4.62. The molecular formula is C43H84NO8P. The van der Waals surface area contributed by atoms with Crippen molar-refractivity contribution in [2.45, 2.75) is 206 Å². The predicted molar refractivity (Wildman–Crippen MR) is 218 cm³/mol. The number of esters is 2. The molecule has 0 fully saturated rings. The number of rotatable bonds is 40. The van der Waals surface area contributed by atoms with Crippen molar-refractivity contribution in [2.24, 2.45) is 0 Å². The first-order valence-corrected chi connectivity index (χ1v) is 23.4. The van der Waals surface area contributed by atoms with E-state index < -0.39 is 26.5 Å². The van der Waals surface area contributed by atoms with E-state index in [0.717, 1.165) is 32.1 Å². The summed E-state index contributed by atoms with van der Waals surface area (Å²) in [7, 11) is 1.17. The Kier molecular flexibility index (Phi) is 35.5. The van der Waals surface area contributed by atoms with Gasteiger partial charge in [-0.3, -0.25) is 14.2 Å². The SMILES string of the molecule is CCCCCC/C=C/CCCCCCCCCCCC(=O)OC[C@@H](COP(=O)([O-])OCC[N+](C)(C)C)OC(=O)CCCCCCCCCCCCCC. The van der Waals surface area contributed by atoms with Crippen molar-refractivity contribution in [1.82, 2.24) is 0 Å². The van der Waals surface area contributed by atoms with Gasteiger partial charge in [-0.15, -0.1) is 0 Å². The van der Waals surface area contributed by atoms with Gasteiger partial charge in [0, 0.05) is 12.8 Å². The van der Waals surface area contributed by atoms with E-state index in [9.17, 15) is 19.0 Å². The van der Waals surface area contributed by atoms with Gasteiger partial charge in [0.1, 0.15) is 19.8 Å². The van der Waals surface area contributed by atoms with Gasteiger partial charge >= 0.3 is 11.9 Å². The third-order valence-electron chi connectivity index (χ3n) is 9.54. The number of hydrogen-bond donors (Lipinski definition) is 0. The van der Waals surface area contributed by atoms with Crippen molar-refractivity contribution in [3.63, 3.8) is 0 Å². The molecule has 0 aromatic heterocycles. The second-order valence-corrected chi connectivity index (χ2v) is 17.5. The number of carbonyl (C=O) groups is 2. The van der Waals surface area contributed by atoms with E-state index in [-0.39, 0.29) is 32.0 Å². The Morgan fingerprint density at radius 1 is 0.566 bits per heavy atom. The Morgan fingerprint density at radius 2 is 0.962 bits per heavy atom. The average Bonchev–Trinajstić information content (AvgIpc) is 3.10. The van der Waals surface area contributed by atoms with Crippen LogP contribution < -0.4 is 4.89 Å². The molecule has 0 amide bonds. The first-order chi connectivity index (χ1) is 25.5. The Hall–Kier alpha value is -1.25. The number of phosphoric acid groups is 1. The van der Waals surface area contributed by atoms with Crippen molar-refractivity contribution in [3.8, 4) is 0 Å².